The first-order chi connectivity index (χ1) is 7.36. The van der Waals surface area contributed by atoms with Crippen molar-refractivity contribution in [3.63, 3.8) is 0 Å². The lowest BCUT2D eigenvalue weighted by atomic mass is 10.1. The Balaban J connectivity index is 1.75. The summed E-state index contributed by atoms with van der Waals surface area (Å²) >= 11 is 3.47. The van der Waals surface area contributed by atoms with Gasteiger partial charge in [-0.2, -0.15) is 0 Å². The first-order valence-corrected chi connectivity index (χ1v) is 6.22. The van der Waals surface area contributed by atoms with E-state index in [1.54, 1.807) is 6.20 Å². The molecule has 0 radical (unpaired) electrons. The fourth-order valence-electron chi connectivity index (χ4n) is 1.90. The normalized spacial score (nSPS) is 20.5. The van der Waals surface area contributed by atoms with Crippen molar-refractivity contribution in [3.05, 3.63) is 22.9 Å². The molecule has 82 valence electrons. The van der Waals surface area contributed by atoms with Gasteiger partial charge in [0.05, 0.1) is 10.2 Å². The van der Waals surface area contributed by atoms with Crippen LogP contribution in [0, 0.1) is 0 Å². The molecule has 3 nitrogen and oxygen atoms in total. The van der Waals surface area contributed by atoms with Gasteiger partial charge in [0.25, 0.3) is 0 Å². The Morgan fingerprint density at radius 3 is 3.27 bits per heavy atom. The van der Waals surface area contributed by atoms with Crippen molar-refractivity contribution in [1.29, 1.82) is 0 Å². The summed E-state index contributed by atoms with van der Waals surface area (Å²) in [6, 6.07) is 2.70. The number of hydrogen-bond donors (Lipinski definition) is 2. The summed E-state index contributed by atoms with van der Waals surface area (Å²) in [5.74, 6) is 0. The minimum Gasteiger partial charge on any atom is -0.384 e. The summed E-state index contributed by atoms with van der Waals surface area (Å²) < 4.78 is 1.03. The number of anilines is 1. The molecular weight excluding hydrogens is 254 g/mol. The van der Waals surface area contributed by atoms with E-state index in [1.807, 2.05) is 12.3 Å². The molecular formula is C11H16BrN3. The van der Waals surface area contributed by atoms with Gasteiger partial charge in [-0.1, -0.05) is 0 Å². The fraction of sp³-hybridized carbons (Fsp3) is 0.545. The van der Waals surface area contributed by atoms with E-state index in [-0.39, 0.29) is 0 Å². The molecule has 2 N–H and O–H groups in total. The predicted molar refractivity (Wildman–Crippen MR) is 66.1 cm³/mol. The average molecular weight is 270 g/mol. The second kappa shape index (κ2) is 5.47. The molecule has 1 saturated heterocycles. The molecule has 1 aromatic heterocycles. The van der Waals surface area contributed by atoms with E-state index in [0.717, 1.165) is 16.7 Å². The van der Waals surface area contributed by atoms with Gasteiger partial charge in [0, 0.05) is 25.0 Å². The maximum Gasteiger partial charge on any atom is 0.0590 e. The summed E-state index contributed by atoms with van der Waals surface area (Å²) in [7, 11) is 0. The molecule has 1 atom stereocenters. The number of rotatable bonds is 4. The van der Waals surface area contributed by atoms with Crippen LogP contribution in [0.3, 0.4) is 0 Å². The number of nitrogens with zero attached hydrogens (tertiary/aromatic N) is 1. The molecule has 0 amide bonds. The molecule has 1 fully saturated rings. The van der Waals surface area contributed by atoms with Crippen LogP contribution in [0.15, 0.2) is 22.9 Å². The lowest BCUT2D eigenvalue weighted by Gasteiger charge is -2.12. The molecule has 0 spiro atoms. The third-order valence-corrected chi connectivity index (χ3v) is 3.37. The van der Waals surface area contributed by atoms with Crippen LogP contribution in [0.1, 0.15) is 19.3 Å². The largest absolute Gasteiger partial charge is 0.384 e. The Morgan fingerprint density at radius 1 is 1.60 bits per heavy atom. The minimum atomic E-state index is 0.707. The lowest BCUT2D eigenvalue weighted by molar-refractivity contribution is 0.574. The van der Waals surface area contributed by atoms with Crippen LogP contribution in [0.5, 0.6) is 0 Å². The second-order valence-corrected chi connectivity index (χ2v) is 4.72. The van der Waals surface area contributed by atoms with E-state index in [4.69, 9.17) is 0 Å². The SMILES string of the molecule is Brc1cnccc1NCCC1CCCN1. The van der Waals surface area contributed by atoms with Crippen LogP contribution in [0.25, 0.3) is 0 Å². The summed E-state index contributed by atoms with van der Waals surface area (Å²) in [4.78, 5) is 4.03. The summed E-state index contributed by atoms with van der Waals surface area (Å²) in [5.41, 5.74) is 1.13. The van der Waals surface area contributed by atoms with E-state index >= 15 is 0 Å². The molecule has 1 aliphatic rings. The molecule has 1 unspecified atom stereocenters. The van der Waals surface area contributed by atoms with Crippen LogP contribution in [0.4, 0.5) is 5.69 Å². The van der Waals surface area contributed by atoms with Gasteiger partial charge in [-0.25, -0.2) is 0 Å². The molecule has 2 heterocycles. The lowest BCUT2D eigenvalue weighted by Crippen LogP contribution is -2.24. The third-order valence-electron chi connectivity index (χ3n) is 2.74. The number of aromatic nitrogens is 1. The van der Waals surface area contributed by atoms with Gasteiger partial charge in [0.15, 0.2) is 0 Å². The van der Waals surface area contributed by atoms with Crippen molar-refractivity contribution in [2.45, 2.75) is 25.3 Å². The second-order valence-electron chi connectivity index (χ2n) is 3.86. The minimum absolute atomic E-state index is 0.707. The van der Waals surface area contributed by atoms with Crippen LogP contribution in [0.2, 0.25) is 0 Å². The van der Waals surface area contributed by atoms with Crippen LogP contribution >= 0.6 is 15.9 Å². The van der Waals surface area contributed by atoms with Gasteiger partial charge in [0.1, 0.15) is 0 Å². The summed E-state index contributed by atoms with van der Waals surface area (Å²) in [5, 5.41) is 6.91. The van der Waals surface area contributed by atoms with Crippen molar-refractivity contribution in [2.75, 3.05) is 18.4 Å². The highest BCUT2D eigenvalue weighted by Gasteiger charge is 2.12. The van der Waals surface area contributed by atoms with Gasteiger partial charge >= 0.3 is 0 Å². The average Bonchev–Trinajstić information content (AvgIpc) is 2.74. The molecule has 0 saturated carbocycles. The number of halogens is 1. The van der Waals surface area contributed by atoms with Crippen molar-refractivity contribution in [1.82, 2.24) is 10.3 Å². The fourth-order valence-corrected chi connectivity index (χ4v) is 2.29. The number of nitrogens with one attached hydrogen (secondary N) is 2. The molecule has 2 rings (SSSR count). The Kier molecular flexibility index (Phi) is 3.97. The van der Waals surface area contributed by atoms with Crippen LogP contribution in [-0.2, 0) is 0 Å². The summed E-state index contributed by atoms with van der Waals surface area (Å²) in [6.07, 6.45) is 7.45. The zero-order valence-corrected chi connectivity index (χ0v) is 10.3. The first kappa shape index (κ1) is 10.9. The van der Waals surface area contributed by atoms with Gasteiger partial charge in [-0.15, -0.1) is 0 Å². The molecule has 4 heteroatoms. The van der Waals surface area contributed by atoms with Crippen molar-refractivity contribution >= 4 is 21.6 Å². The summed E-state index contributed by atoms with van der Waals surface area (Å²) in [6.45, 7) is 2.20. The van der Waals surface area contributed by atoms with E-state index < -0.39 is 0 Å². The highest BCUT2D eigenvalue weighted by molar-refractivity contribution is 9.10. The van der Waals surface area contributed by atoms with Gasteiger partial charge < -0.3 is 10.6 Å². The zero-order chi connectivity index (χ0) is 10.5. The van der Waals surface area contributed by atoms with Crippen molar-refractivity contribution in [3.8, 4) is 0 Å². The predicted octanol–water partition coefficient (Wildman–Crippen LogP) is 2.40. The van der Waals surface area contributed by atoms with Crippen molar-refractivity contribution < 1.29 is 0 Å². The molecule has 1 aliphatic heterocycles. The molecule has 0 bridgehead atoms. The number of pyridine rings is 1. The van der Waals surface area contributed by atoms with Crippen molar-refractivity contribution in [2.24, 2.45) is 0 Å². The molecule has 15 heavy (non-hydrogen) atoms. The Morgan fingerprint density at radius 2 is 2.53 bits per heavy atom. The monoisotopic (exact) mass is 269 g/mol. The Labute approximate surface area is 98.8 Å². The highest BCUT2D eigenvalue weighted by Crippen LogP contribution is 2.20. The van der Waals surface area contributed by atoms with E-state index in [0.29, 0.717) is 6.04 Å². The Bertz CT molecular complexity index is 310. The molecule has 0 aliphatic carbocycles. The van der Waals surface area contributed by atoms with E-state index in [9.17, 15) is 0 Å². The highest BCUT2D eigenvalue weighted by atomic mass is 79.9. The third kappa shape index (κ3) is 3.18. The smallest absolute Gasteiger partial charge is 0.0590 e. The molecule has 0 aromatic carbocycles. The quantitative estimate of drug-likeness (QED) is 0.882. The standard InChI is InChI=1S/C11H16BrN3/c12-10-8-13-6-4-11(10)15-7-3-9-2-1-5-14-9/h4,6,8-9,14H,1-3,5,7H2,(H,13,15). The van der Waals surface area contributed by atoms with E-state index in [1.165, 1.54) is 25.8 Å². The zero-order valence-electron chi connectivity index (χ0n) is 8.67. The topological polar surface area (TPSA) is 37.0 Å². The maximum atomic E-state index is 4.03. The van der Waals surface area contributed by atoms with Crippen LogP contribution < -0.4 is 10.6 Å². The van der Waals surface area contributed by atoms with Gasteiger partial charge in [0.2, 0.25) is 0 Å². The van der Waals surface area contributed by atoms with Gasteiger partial charge in [-0.3, -0.25) is 4.98 Å². The molecule has 1 aromatic rings. The Hall–Kier alpha value is -0.610. The first-order valence-electron chi connectivity index (χ1n) is 5.43. The maximum absolute atomic E-state index is 4.03. The van der Waals surface area contributed by atoms with E-state index in [2.05, 4.69) is 31.5 Å². The van der Waals surface area contributed by atoms with Gasteiger partial charge in [-0.05, 0) is 47.8 Å². The van der Waals surface area contributed by atoms with Crippen LogP contribution in [-0.4, -0.2) is 24.1 Å². The number of hydrogen-bond acceptors (Lipinski definition) is 3.